The van der Waals surface area contributed by atoms with Crippen molar-refractivity contribution in [1.29, 1.82) is 0 Å². The molecule has 0 heterocycles. The molecule has 0 saturated heterocycles. The summed E-state index contributed by atoms with van der Waals surface area (Å²) < 4.78 is 16.9. The van der Waals surface area contributed by atoms with Crippen LogP contribution in [-0.2, 0) is 28.6 Å². The van der Waals surface area contributed by atoms with E-state index in [4.69, 9.17) is 14.2 Å². The van der Waals surface area contributed by atoms with Crippen molar-refractivity contribution >= 4 is 45.4 Å². The summed E-state index contributed by atoms with van der Waals surface area (Å²) in [5.74, 6) is -3.39. The van der Waals surface area contributed by atoms with Gasteiger partial charge in [-0.3, -0.25) is 0 Å². The van der Waals surface area contributed by atoms with E-state index in [1.807, 2.05) is 18.2 Å². The van der Waals surface area contributed by atoms with Crippen molar-refractivity contribution in [3.8, 4) is 0 Å². The third-order valence-electron chi connectivity index (χ3n) is 5.16. The van der Waals surface area contributed by atoms with Crippen molar-refractivity contribution in [2.24, 2.45) is 17.3 Å². The van der Waals surface area contributed by atoms with Crippen molar-refractivity contribution < 1.29 is 28.6 Å². The zero-order chi connectivity index (χ0) is 22.9. The van der Waals surface area contributed by atoms with Crippen molar-refractivity contribution in [2.75, 3.05) is 14.2 Å². The summed E-state index contributed by atoms with van der Waals surface area (Å²) in [5.41, 5.74) is -2.38. The second kappa shape index (κ2) is 8.85. The number of carbonyl (C=O) groups is 3. The molecule has 0 bridgehead atoms. The average molecular weight is 500 g/mol. The molecule has 1 fully saturated rings. The van der Waals surface area contributed by atoms with Gasteiger partial charge in [0.2, 0.25) is 0 Å². The zero-order valence-electron chi connectivity index (χ0n) is 19.0. The number of hydrogen-bond donors (Lipinski definition) is 0. The standard InChI is InChI=1S/C22H32O6SeSi/c1-21(2,3)28-17(23)15-16(22(15,19(24)26-4)20(25)27-5)18(30(6,7)8)29-14-12-10-9-11-13-14/h9-13,15-16,18H,1-8H3/t15-,16+,18+/m1/s1. The van der Waals surface area contributed by atoms with Crippen LogP contribution in [0.1, 0.15) is 20.8 Å². The summed E-state index contributed by atoms with van der Waals surface area (Å²) in [6.07, 6.45) is 0. The van der Waals surface area contributed by atoms with Crippen LogP contribution in [0.3, 0.4) is 0 Å². The SMILES string of the molecule is COC(=O)C1(C(=O)OC)[C@H]([C@@H]([Se]c2ccccc2)[Si](C)(C)C)[C@@H]1C(=O)OC(C)(C)C. The topological polar surface area (TPSA) is 78.9 Å². The molecule has 0 aliphatic heterocycles. The Morgan fingerprint density at radius 1 is 1.00 bits per heavy atom. The van der Waals surface area contributed by atoms with E-state index in [1.165, 1.54) is 14.2 Å². The summed E-state index contributed by atoms with van der Waals surface area (Å²) >= 11 is -0.0412. The third-order valence-corrected chi connectivity index (χ3v) is 14.6. The molecule has 1 aromatic carbocycles. The monoisotopic (exact) mass is 500 g/mol. The predicted octanol–water partition coefficient (Wildman–Crippen LogP) is 2.60. The van der Waals surface area contributed by atoms with Gasteiger partial charge in [-0.1, -0.05) is 0 Å². The molecule has 0 amide bonds. The normalized spacial score (nSPS) is 21.3. The van der Waals surface area contributed by atoms with Crippen LogP contribution in [0.15, 0.2) is 30.3 Å². The fourth-order valence-electron chi connectivity index (χ4n) is 3.91. The van der Waals surface area contributed by atoms with Crippen LogP contribution < -0.4 is 4.46 Å². The van der Waals surface area contributed by atoms with Crippen molar-refractivity contribution in [1.82, 2.24) is 0 Å². The van der Waals surface area contributed by atoms with Crippen LogP contribution in [0.4, 0.5) is 0 Å². The Morgan fingerprint density at radius 2 is 1.50 bits per heavy atom. The Morgan fingerprint density at radius 3 is 1.90 bits per heavy atom. The molecule has 0 radical (unpaired) electrons. The summed E-state index contributed by atoms with van der Waals surface area (Å²) in [6.45, 7) is 11.9. The molecule has 30 heavy (non-hydrogen) atoms. The first-order valence-electron chi connectivity index (χ1n) is 9.92. The second-order valence-corrected chi connectivity index (χ2v) is 18.4. The molecule has 8 heteroatoms. The van der Waals surface area contributed by atoms with E-state index in [0.29, 0.717) is 0 Å². The zero-order valence-corrected chi connectivity index (χ0v) is 21.7. The van der Waals surface area contributed by atoms with E-state index in [9.17, 15) is 14.4 Å². The van der Waals surface area contributed by atoms with E-state index >= 15 is 0 Å². The van der Waals surface area contributed by atoms with Gasteiger partial charge in [0.25, 0.3) is 0 Å². The van der Waals surface area contributed by atoms with Gasteiger partial charge in [0.05, 0.1) is 0 Å². The first-order valence-corrected chi connectivity index (χ1v) is 15.3. The van der Waals surface area contributed by atoms with Gasteiger partial charge in [-0.2, -0.15) is 0 Å². The van der Waals surface area contributed by atoms with E-state index in [1.54, 1.807) is 20.8 Å². The Labute approximate surface area is 186 Å². The fourth-order valence-corrected chi connectivity index (χ4v) is 11.1. The van der Waals surface area contributed by atoms with Gasteiger partial charge < -0.3 is 0 Å². The molecule has 1 aromatic rings. The predicted molar refractivity (Wildman–Crippen MR) is 118 cm³/mol. The number of benzene rings is 1. The Bertz CT molecular complexity index is 780. The van der Waals surface area contributed by atoms with E-state index < -0.39 is 48.8 Å². The van der Waals surface area contributed by atoms with Crippen molar-refractivity contribution in [2.45, 2.75) is 50.5 Å². The maximum atomic E-state index is 13.2. The van der Waals surface area contributed by atoms with E-state index in [2.05, 4.69) is 31.8 Å². The van der Waals surface area contributed by atoms with Crippen LogP contribution in [-0.4, -0.2) is 60.8 Å². The van der Waals surface area contributed by atoms with Crippen LogP contribution in [0, 0.1) is 17.3 Å². The Hall–Kier alpha value is -1.63. The molecule has 1 aliphatic rings. The molecule has 2 rings (SSSR count). The molecule has 6 nitrogen and oxygen atoms in total. The Balaban J connectivity index is 2.57. The van der Waals surface area contributed by atoms with Gasteiger partial charge >= 0.3 is 186 Å². The van der Waals surface area contributed by atoms with Gasteiger partial charge in [-0.25, -0.2) is 0 Å². The first-order chi connectivity index (χ1) is 13.8. The molecule has 1 saturated carbocycles. The quantitative estimate of drug-likeness (QED) is 0.248. The number of rotatable bonds is 7. The molecule has 0 aromatic heterocycles. The summed E-state index contributed by atoms with van der Waals surface area (Å²) in [6, 6.07) is 10.0. The van der Waals surface area contributed by atoms with Crippen molar-refractivity contribution in [3.05, 3.63) is 30.3 Å². The van der Waals surface area contributed by atoms with Crippen LogP contribution in [0.5, 0.6) is 0 Å². The van der Waals surface area contributed by atoms with Gasteiger partial charge in [-0.15, -0.1) is 0 Å². The van der Waals surface area contributed by atoms with Crippen molar-refractivity contribution in [3.63, 3.8) is 0 Å². The minimum absolute atomic E-state index is 0.0307. The Kier molecular flexibility index (Phi) is 7.27. The molecular weight excluding hydrogens is 467 g/mol. The third kappa shape index (κ3) is 4.81. The molecule has 3 atom stereocenters. The summed E-state index contributed by atoms with van der Waals surface area (Å²) in [4.78, 5) is 39.1. The molecule has 0 unspecified atom stereocenters. The minimum atomic E-state index is -1.92. The van der Waals surface area contributed by atoms with Crippen LogP contribution in [0.2, 0.25) is 24.1 Å². The molecule has 0 spiro atoms. The van der Waals surface area contributed by atoms with Gasteiger partial charge in [-0.05, 0) is 0 Å². The molecule has 166 valence electrons. The fraction of sp³-hybridized carbons (Fsp3) is 0.591. The van der Waals surface area contributed by atoms with Crippen LogP contribution in [0.25, 0.3) is 0 Å². The molecular formula is C22H32O6SeSi. The number of esters is 3. The number of ether oxygens (including phenoxy) is 3. The first kappa shape index (κ1) is 24.6. The number of hydrogen-bond acceptors (Lipinski definition) is 6. The summed E-state index contributed by atoms with van der Waals surface area (Å²) in [5, 5.41) is 0. The van der Waals surface area contributed by atoms with E-state index in [-0.39, 0.29) is 19.4 Å². The summed E-state index contributed by atoms with van der Waals surface area (Å²) in [7, 11) is 0.555. The molecule has 0 N–H and O–H groups in total. The number of methoxy groups -OCH3 is 2. The van der Waals surface area contributed by atoms with Crippen LogP contribution >= 0.6 is 0 Å². The average Bonchev–Trinajstić information content (AvgIpc) is 3.34. The molecule has 1 aliphatic carbocycles. The second-order valence-electron chi connectivity index (χ2n) is 9.61. The van der Waals surface area contributed by atoms with Gasteiger partial charge in [0.1, 0.15) is 0 Å². The number of carbonyl (C=O) groups excluding carboxylic acids is 3. The van der Waals surface area contributed by atoms with Gasteiger partial charge in [0.15, 0.2) is 0 Å². The van der Waals surface area contributed by atoms with Gasteiger partial charge in [0, 0.05) is 0 Å². The maximum absolute atomic E-state index is 13.2. The van der Waals surface area contributed by atoms with E-state index in [0.717, 1.165) is 4.46 Å².